The monoisotopic (exact) mass is 406 g/mol. The number of nitrogens with one attached hydrogen (secondary N) is 1. The molecule has 0 radical (unpaired) electrons. The van der Waals surface area contributed by atoms with Crippen molar-refractivity contribution in [1.82, 2.24) is 15.0 Å². The van der Waals surface area contributed by atoms with E-state index in [9.17, 15) is 4.79 Å². The average Bonchev–Trinajstić information content (AvgIpc) is 3.34. The zero-order chi connectivity index (χ0) is 20.4. The molecule has 0 saturated heterocycles. The molecule has 0 bridgehead atoms. The molecule has 4 rings (SSSR count). The van der Waals surface area contributed by atoms with Gasteiger partial charge in [-0.3, -0.25) is 15.0 Å². The number of thiazole rings is 1. The fourth-order valence-corrected chi connectivity index (χ4v) is 4.08. The predicted octanol–water partition coefficient (Wildman–Crippen LogP) is 4.89. The van der Waals surface area contributed by atoms with E-state index < -0.39 is 0 Å². The molecule has 0 spiro atoms. The number of hydrogen-bond donors (Lipinski definition) is 1. The van der Waals surface area contributed by atoms with Crippen LogP contribution in [-0.4, -0.2) is 34.5 Å². The number of hydrogen-bond acceptors (Lipinski definition) is 6. The van der Waals surface area contributed by atoms with E-state index in [1.165, 1.54) is 5.56 Å². The Bertz CT molecular complexity index is 1100. The number of likely N-dealkylation sites (N-methyl/N-ethyl adjacent to an activating group) is 1. The van der Waals surface area contributed by atoms with E-state index in [1.807, 2.05) is 61.3 Å². The fourth-order valence-electron chi connectivity index (χ4n) is 2.99. The molecule has 2 aromatic heterocycles. The second-order valence-electron chi connectivity index (χ2n) is 7.10. The Morgan fingerprint density at radius 3 is 2.72 bits per heavy atom. The van der Waals surface area contributed by atoms with E-state index in [0.29, 0.717) is 11.6 Å². The highest BCUT2D eigenvalue weighted by atomic mass is 32.1. The Labute approximate surface area is 173 Å². The summed E-state index contributed by atoms with van der Waals surface area (Å²) in [6, 6.07) is 17.8. The van der Waals surface area contributed by atoms with Crippen molar-refractivity contribution < 1.29 is 9.32 Å². The Hall–Kier alpha value is -3.03. The van der Waals surface area contributed by atoms with E-state index in [0.717, 1.165) is 20.8 Å². The van der Waals surface area contributed by atoms with Crippen LogP contribution in [0.1, 0.15) is 23.5 Å². The number of carbonyl (C=O) groups excluding carboxylic acids is 1. The maximum atomic E-state index is 12.5. The average molecular weight is 407 g/mol. The van der Waals surface area contributed by atoms with Gasteiger partial charge in [0.2, 0.25) is 11.8 Å². The minimum absolute atomic E-state index is 0.0241. The lowest BCUT2D eigenvalue weighted by Crippen LogP contribution is -2.32. The van der Waals surface area contributed by atoms with E-state index in [-0.39, 0.29) is 18.5 Å². The minimum atomic E-state index is -0.160. The van der Waals surface area contributed by atoms with Crippen molar-refractivity contribution in [3.8, 4) is 11.3 Å². The van der Waals surface area contributed by atoms with Gasteiger partial charge in [0.05, 0.1) is 22.8 Å². The van der Waals surface area contributed by atoms with Gasteiger partial charge in [0.25, 0.3) is 0 Å². The van der Waals surface area contributed by atoms with Crippen molar-refractivity contribution in [1.29, 1.82) is 0 Å². The van der Waals surface area contributed by atoms with Crippen LogP contribution in [0.15, 0.2) is 59.1 Å². The summed E-state index contributed by atoms with van der Waals surface area (Å²) in [5, 5.41) is 7.81. The summed E-state index contributed by atoms with van der Waals surface area (Å²) in [7, 11) is 1.91. The highest BCUT2D eigenvalue weighted by molar-refractivity contribution is 7.18. The van der Waals surface area contributed by atoms with Crippen LogP contribution >= 0.6 is 11.3 Å². The first-order valence-corrected chi connectivity index (χ1v) is 10.2. The minimum Gasteiger partial charge on any atom is -0.338 e. The van der Waals surface area contributed by atoms with Gasteiger partial charge in [0.1, 0.15) is 10.7 Å². The summed E-state index contributed by atoms with van der Waals surface area (Å²) in [4.78, 5) is 19.1. The first kappa shape index (κ1) is 19.3. The number of anilines is 1. The quantitative estimate of drug-likeness (QED) is 0.494. The molecule has 4 aromatic rings. The van der Waals surface area contributed by atoms with Crippen molar-refractivity contribution in [2.24, 2.45) is 0 Å². The number of aromatic nitrogens is 2. The van der Waals surface area contributed by atoms with Gasteiger partial charge < -0.3 is 4.52 Å². The van der Waals surface area contributed by atoms with Gasteiger partial charge in [-0.2, -0.15) is 0 Å². The third-order valence-electron chi connectivity index (χ3n) is 4.84. The topological polar surface area (TPSA) is 71.3 Å². The lowest BCUT2D eigenvalue weighted by Gasteiger charge is -2.21. The summed E-state index contributed by atoms with van der Waals surface area (Å²) in [6.07, 6.45) is 0. The number of aryl methyl sites for hydroxylation is 1. The molecule has 29 heavy (non-hydrogen) atoms. The van der Waals surface area contributed by atoms with Crippen molar-refractivity contribution in [3.05, 3.63) is 65.2 Å². The second kappa shape index (κ2) is 8.14. The SMILES string of the molecule is Cc1ccc(-c2cc(NC(=O)CN(C)[C@H](C)c3nc4ccccc4s3)on2)cc1. The molecule has 2 aromatic carbocycles. The first-order valence-electron chi connectivity index (χ1n) is 9.39. The predicted molar refractivity (Wildman–Crippen MR) is 116 cm³/mol. The molecule has 1 amide bonds. The molecular formula is C22H22N4O2S. The van der Waals surface area contributed by atoms with Crippen LogP contribution in [-0.2, 0) is 4.79 Å². The van der Waals surface area contributed by atoms with Crippen LogP contribution in [0, 0.1) is 6.92 Å². The van der Waals surface area contributed by atoms with Crippen LogP contribution in [0.25, 0.3) is 21.5 Å². The van der Waals surface area contributed by atoms with Crippen molar-refractivity contribution in [2.45, 2.75) is 19.9 Å². The van der Waals surface area contributed by atoms with Crippen LogP contribution < -0.4 is 5.32 Å². The third kappa shape index (κ3) is 4.36. The van der Waals surface area contributed by atoms with Crippen LogP contribution in [0.3, 0.4) is 0 Å². The van der Waals surface area contributed by atoms with E-state index in [2.05, 4.69) is 28.4 Å². The van der Waals surface area contributed by atoms with Crippen LogP contribution in [0.2, 0.25) is 0 Å². The van der Waals surface area contributed by atoms with Gasteiger partial charge in [-0.15, -0.1) is 11.3 Å². The summed E-state index contributed by atoms with van der Waals surface area (Å²) in [5.74, 6) is 0.179. The lowest BCUT2D eigenvalue weighted by molar-refractivity contribution is -0.117. The Balaban J connectivity index is 1.38. The van der Waals surface area contributed by atoms with Crippen LogP contribution in [0.5, 0.6) is 0 Å². The molecule has 0 unspecified atom stereocenters. The van der Waals surface area contributed by atoms with Crippen molar-refractivity contribution in [3.63, 3.8) is 0 Å². The van der Waals surface area contributed by atoms with E-state index in [4.69, 9.17) is 4.52 Å². The molecule has 148 valence electrons. The fraction of sp³-hybridized carbons (Fsp3) is 0.227. The number of carbonyl (C=O) groups is 1. The zero-order valence-electron chi connectivity index (χ0n) is 16.5. The molecule has 0 aliphatic heterocycles. The van der Waals surface area contributed by atoms with Gasteiger partial charge >= 0.3 is 0 Å². The van der Waals surface area contributed by atoms with Gasteiger partial charge in [-0.05, 0) is 33.0 Å². The number of fused-ring (bicyclic) bond motifs is 1. The van der Waals surface area contributed by atoms with Crippen LogP contribution in [0.4, 0.5) is 5.88 Å². The molecule has 0 fully saturated rings. The smallest absolute Gasteiger partial charge is 0.240 e. The van der Waals surface area contributed by atoms with Crippen molar-refractivity contribution in [2.75, 3.05) is 18.9 Å². The van der Waals surface area contributed by atoms with Gasteiger partial charge in [0.15, 0.2) is 0 Å². The molecule has 1 N–H and O–H groups in total. The van der Waals surface area contributed by atoms with Gasteiger partial charge in [-0.1, -0.05) is 47.1 Å². The molecule has 1 atom stereocenters. The number of para-hydroxylation sites is 1. The Morgan fingerprint density at radius 2 is 1.97 bits per heavy atom. The van der Waals surface area contributed by atoms with Crippen molar-refractivity contribution >= 4 is 33.3 Å². The summed E-state index contributed by atoms with van der Waals surface area (Å²) < 4.78 is 6.43. The molecule has 2 heterocycles. The normalized spacial score (nSPS) is 12.4. The standard InChI is InChI=1S/C22H22N4O2S/c1-14-8-10-16(11-9-14)18-12-21(28-25-18)24-20(27)13-26(3)15(2)22-23-17-6-4-5-7-19(17)29-22/h4-12,15H,13H2,1-3H3,(H,24,27)/t15-/m1/s1. The maximum absolute atomic E-state index is 12.5. The first-order chi connectivity index (χ1) is 14.0. The number of amides is 1. The molecule has 0 saturated carbocycles. The summed E-state index contributed by atoms with van der Waals surface area (Å²) in [5.41, 5.74) is 3.80. The molecule has 0 aliphatic carbocycles. The third-order valence-corrected chi connectivity index (χ3v) is 6.05. The van der Waals surface area contributed by atoms with Gasteiger partial charge in [0, 0.05) is 11.6 Å². The van der Waals surface area contributed by atoms with E-state index in [1.54, 1.807) is 17.4 Å². The Morgan fingerprint density at radius 1 is 1.21 bits per heavy atom. The second-order valence-corrected chi connectivity index (χ2v) is 8.16. The highest BCUT2D eigenvalue weighted by Gasteiger charge is 2.19. The lowest BCUT2D eigenvalue weighted by atomic mass is 10.1. The highest BCUT2D eigenvalue weighted by Crippen LogP contribution is 2.28. The number of rotatable bonds is 6. The molecule has 0 aliphatic rings. The van der Waals surface area contributed by atoms with E-state index >= 15 is 0 Å². The number of nitrogens with zero attached hydrogens (tertiary/aromatic N) is 3. The zero-order valence-corrected chi connectivity index (χ0v) is 17.4. The number of benzene rings is 2. The van der Waals surface area contributed by atoms with Gasteiger partial charge in [-0.25, -0.2) is 4.98 Å². The summed E-state index contributed by atoms with van der Waals surface area (Å²) >= 11 is 1.65. The Kier molecular flexibility index (Phi) is 5.42. The molecular weight excluding hydrogens is 384 g/mol. The summed E-state index contributed by atoms with van der Waals surface area (Å²) in [6.45, 7) is 4.30. The molecule has 7 heteroatoms. The molecule has 6 nitrogen and oxygen atoms in total. The maximum Gasteiger partial charge on any atom is 0.240 e. The largest absolute Gasteiger partial charge is 0.338 e.